The van der Waals surface area contributed by atoms with Crippen molar-refractivity contribution in [3.8, 4) is 11.5 Å². The van der Waals surface area contributed by atoms with E-state index < -0.39 is 0 Å². The smallest absolute Gasteiger partial charge is 0.322 e. The minimum Gasteiger partial charge on any atom is -0.497 e. The molecule has 2 aromatic rings. The van der Waals surface area contributed by atoms with E-state index in [9.17, 15) is 4.79 Å². The van der Waals surface area contributed by atoms with Gasteiger partial charge in [-0.05, 0) is 55.0 Å². The average molecular weight is 380 g/mol. The number of urea groups is 1. The lowest BCUT2D eigenvalue weighted by molar-refractivity contribution is 0.200. The van der Waals surface area contributed by atoms with Crippen molar-refractivity contribution in [1.29, 1.82) is 0 Å². The number of nitrogens with one attached hydrogen (secondary N) is 1. The van der Waals surface area contributed by atoms with Crippen LogP contribution in [0, 0.1) is 5.92 Å². The molecular formula is C23H28N2O3. The molecule has 5 heteroatoms. The number of hydrogen-bond donors (Lipinski definition) is 1. The number of carbonyl (C=O) groups excluding carboxylic acids is 1. The Balaban J connectivity index is 1.76. The number of methoxy groups -OCH3 is 2. The third-order valence-corrected chi connectivity index (χ3v) is 4.98. The van der Waals surface area contributed by atoms with Gasteiger partial charge >= 0.3 is 6.03 Å². The third-order valence-electron chi connectivity index (χ3n) is 4.98. The highest BCUT2D eigenvalue weighted by atomic mass is 16.5. The number of rotatable bonds is 7. The van der Waals surface area contributed by atoms with Crippen molar-refractivity contribution >= 4 is 11.7 Å². The molecule has 0 bridgehead atoms. The topological polar surface area (TPSA) is 50.8 Å². The zero-order valence-electron chi connectivity index (χ0n) is 16.6. The van der Waals surface area contributed by atoms with Gasteiger partial charge in [0.1, 0.15) is 11.5 Å². The second-order valence-electron chi connectivity index (χ2n) is 6.98. The Labute approximate surface area is 167 Å². The molecule has 0 saturated carbocycles. The molecule has 0 fully saturated rings. The van der Waals surface area contributed by atoms with Crippen molar-refractivity contribution in [1.82, 2.24) is 4.90 Å². The van der Waals surface area contributed by atoms with Gasteiger partial charge in [0.15, 0.2) is 0 Å². The largest absolute Gasteiger partial charge is 0.497 e. The molecule has 1 N–H and O–H groups in total. The van der Waals surface area contributed by atoms with Gasteiger partial charge in [0, 0.05) is 13.1 Å². The molecule has 0 aliphatic heterocycles. The van der Waals surface area contributed by atoms with Crippen molar-refractivity contribution in [3.63, 3.8) is 0 Å². The number of nitrogens with zero attached hydrogens (tertiary/aromatic N) is 1. The van der Waals surface area contributed by atoms with Crippen molar-refractivity contribution in [2.45, 2.75) is 25.8 Å². The van der Waals surface area contributed by atoms with E-state index in [1.807, 2.05) is 53.4 Å². The Morgan fingerprint density at radius 3 is 2.57 bits per heavy atom. The first-order valence-corrected chi connectivity index (χ1v) is 9.68. The summed E-state index contributed by atoms with van der Waals surface area (Å²) in [5.74, 6) is 1.84. The molecule has 0 saturated heterocycles. The molecule has 0 heterocycles. The van der Waals surface area contributed by atoms with Crippen LogP contribution in [-0.2, 0) is 6.54 Å². The number of amides is 2. The van der Waals surface area contributed by atoms with Crippen molar-refractivity contribution in [3.05, 3.63) is 66.2 Å². The lowest BCUT2D eigenvalue weighted by Gasteiger charge is -2.28. The van der Waals surface area contributed by atoms with Gasteiger partial charge < -0.3 is 19.7 Å². The first-order chi connectivity index (χ1) is 13.7. The number of anilines is 1. The summed E-state index contributed by atoms with van der Waals surface area (Å²) in [6.45, 7) is 1.22. The van der Waals surface area contributed by atoms with Gasteiger partial charge in [-0.1, -0.05) is 36.4 Å². The maximum atomic E-state index is 13.1. The number of carbonyl (C=O) groups is 1. The molecule has 28 heavy (non-hydrogen) atoms. The number of ether oxygens (including phenoxy) is 2. The standard InChI is InChI=1S/C23H28N2O3/c1-27-20-14-12-19(13-15-20)17-25(16-18-8-4-3-5-9-18)23(26)24-21-10-6-7-11-22(21)28-2/h4,6-8,10-15,18H,3,5,9,16-17H2,1-2H3,(H,24,26). The van der Waals surface area contributed by atoms with Crippen LogP contribution in [0.25, 0.3) is 0 Å². The van der Waals surface area contributed by atoms with Crippen LogP contribution in [0.15, 0.2) is 60.7 Å². The van der Waals surface area contributed by atoms with Gasteiger partial charge in [-0.15, -0.1) is 0 Å². The third kappa shape index (κ3) is 5.28. The Bertz CT molecular complexity index is 802. The first-order valence-electron chi connectivity index (χ1n) is 9.68. The minimum atomic E-state index is -0.126. The predicted octanol–water partition coefficient (Wildman–Crippen LogP) is 5.09. The van der Waals surface area contributed by atoms with Gasteiger partial charge in [-0.25, -0.2) is 4.79 Å². The summed E-state index contributed by atoms with van der Waals surface area (Å²) in [7, 11) is 3.25. The van der Waals surface area contributed by atoms with Crippen molar-refractivity contribution in [2.75, 3.05) is 26.1 Å². The summed E-state index contributed by atoms with van der Waals surface area (Å²) in [5.41, 5.74) is 1.74. The molecule has 0 radical (unpaired) electrons. The molecule has 1 aliphatic rings. The summed E-state index contributed by atoms with van der Waals surface area (Å²) in [6.07, 6.45) is 7.87. The van der Waals surface area contributed by atoms with E-state index in [0.29, 0.717) is 30.4 Å². The van der Waals surface area contributed by atoms with Gasteiger partial charge in [0.2, 0.25) is 0 Å². The van der Waals surface area contributed by atoms with E-state index in [-0.39, 0.29) is 6.03 Å². The highest BCUT2D eigenvalue weighted by molar-refractivity contribution is 5.91. The minimum absolute atomic E-state index is 0.126. The summed E-state index contributed by atoms with van der Waals surface area (Å²) in [4.78, 5) is 15.0. The molecule has 3 rings (SSSR count). The number of allylic oxidation sites excluding steroid dienone is 1. The second kappa shape index (κ2) is 9.83. The predicted molar refractivity (Wildman–Crippen MR) is 112 cm³/mol. The lowest BCUT2D eigenvalue weighted by Crippen LogP contribution is -2.38. The molecule has 148 valence electrons. The lowest BCUT2D eigenvalue weighted by atomic mass is 9.95. The van der Waals surface area contributed by atoms with Crippen LogP contribution in [0.4, 0.5) is 10.5 Å². The Hall–Kier alpha value is -2.95. The maximum Gasteiger partial charge on any atom is 0.322 e. The zero-order valence-corrected chi connectivity index (χ0v) is 16.6. The Kier molecular flexibility index (Phi) is 6.95. The van der Waals surface area contributed by atoms with E-state index in [0.717, 1.165) is 24.2 Å². The fraction of sp³-hybridized carbons (Fsp3) is 0.348. The summed E-state index contributed by atoms with van der Waals surface area (Å²) < 4.78 is 10.6. The molecule has 5 nitrogen and oxygen atoms in total. The van der Waals surface area contributed by atoms with E-state index in [1.54, 1.807) is 14.2 Å². The van der Waals surface area contributed by atoms with E-state index in [2.05, 4.69) is 17.5 Å². The van der Waals surface area contributed by atoms with Crippen LogP contribution in [0.3, 0.4) is 0 Å². The number of hydrogen-bond acceptors (Lipinski definition) is 3. The fourth-order valence-electron chi connectivity index (χ4n) is 3.43. The Morgan fingerprint density at radius 2 is 1.89 bits per heavy atom. The second-order valence-corrected chi connectivity index (χ2v) is 6.98. The monoisotopic (exact) mass is 380 g/mol. The first kappa shape index (κ1) is 19.8. The molecule has 2 aromatic carbocycles. The molecule has 1 aliphatic carbocycles. The summed E-state index contributed by atoms with van der Waals surface area (Å²) >= 11 is 0. The highest BCUT2D eigenvalue weighted by Gasteiger charge is 2.20. The van der Waals surface area contributed by atoms with E-state index >= 15 is 0 Å². The number of para-hydroxylation sites is 2. The van der Waals surface area contributed by atoms with Crippen LogP contribution in [0.2, 0.25) is 0 Å². The van der Waals surface area contributed by atoms with Gasteiger partial charge in [0.05, 0.1) is 19.9 Å². The molecule has 2 amide bonds. The Morgan fingerprint density at radius 1 is 1.11 bits per heavy atom. The van der Waals surface area contributed by atoms with Crippen LogP contribution < -0.4 is 14.8 Å². The normalized spacial score (nSPS) is 15.7. The van der Waals surface area contributed by atoms with Crippen molar-refractivity contribution < 1.29 is 14.3 Å². The molecule has 1 unspecified atom stereocenters. The number of benzene rings is 2. The van der Waals surface area contributed by atoms with Crippen LogP contribution >= 0.6 is 0 Å². The highest BCUT2D eigenvalue weighted by Crippen LogP contribution is 2.25. The van der Waals surface area contributed by atoms with Crippen LogP contribution in [0.5, 0.6) is 11.5 Å². The molecule has 0 spiro atoms. The zero-order chi connectivity index (χ0) is 19.8. The maximum absolute atomic E-state index is 13.1. The van der Waals surface area contributed by atoms with Crippen LogP contribution in [-0.4, -0.2) is 31.7 Å². The molecular weight excluding hydrogens is 352 g/mol. The van der Waals surface area contributed by atoms with Gasteiger partial charge in [-0.3, -0.25) is 0 Å². The van der Waals surface area contributed by atoms with Crippen molar-refractivity contribution in [2.24, 2.45) is 5.92 Å². The molecule has 1 atom stereocenters. The van der Waals surface area contributed by atoms with E-state index in [1.165, 1.54) is 6.42 Å². The van der Waals surface area contributed by atoms with Gasteiger partial charge in [-0.2, -0.15) is 0 Å². The quantitative estimate of drug-likeness (QED) is 0.680. The summed E-state index contributed by atoms with van der Waals surface area (Å²) in [5, 5.41) is 3.01. The fourth-order valence-corrected chi connectivity index (χ4v) is 3.43. The average Bonchev–Trinajstić information content (AvgIpc) is 2.75. The molecule has 0 aromatic heterocycles. The summed E-state index contributed by atoms with van der Waals surface area (Å²) in [6, 6.07) is 15.2. The van der Waals surface area contributed by atoms with Crippen LogP contribution in [0.1, 0.15) is 24.8 Å². The van der Waals surface area contributed by atoms with Gasteiger partial charge in [0.25, 0.3) is 0 Å². The SMILES string of the molecule is COc1ccc(CN(CC2C=CCCC2)C(=O)Nc2ccccc2OC)cc1. The van der Waals surface area contributed by atoms with E-state index in [4.69, 9.17) is 9.47 Å².